The number of amides is 3. The van der Waals surface area contributed by atoms with Gasteiger partial charge < -0.3 is 19.8 Å². The van der Waals surface area contributed by atoms with Crippen molar-refractivity contribution in [2.75, 3.05) is 32.7 Å². The van der Waals surface area contributed by atoms with E-state index < -0.39 is 5.97 Å². The second-order valence-electron chi connectivity index (χ2n) is 5.34. The first-order valence-corrected chi connectivity index (χ1v) is 7.02. The van der Waals surface area contributed by atoms with Crippen molar-refractivity contribution in [3.8, 4) is 0 Å². The van der Waals surface area contributed by atoms with Crippen LogP contribution in [0, 0.1) is 0 Å². The van der Waals surface area contributed by atoms with E-state index in [1.807, 2.05) is 0 Å². The molecule has 2 fully saturated rings. The average Bonchev–Trinajstić information content (AvgIpc) is 3.23. The van der Waals surface area contributed by atoms with E-state index >= 15 is 0 Å². The Kier molecular flexibility index (Phi) is 4.46. The lowest BCUT2D eigenvalue weighted by atomic mass is 10.3. The Labute approximate surface area is 118 Å². The van der Waals surface area contributed by atoms with E-state index in [2.05, 4.69) is 0 Å². The van der Waals surface area contributed by atoms with E-state index in [0.29, 0.717) is 26.2 Å². The van der Waals surface area contributed by atoms with Gasteiger partial charge in [-0.25, -0.2) is 4.79 Å². The molecule has 0 aromatic rings. The Bertz CT molecular complexity index is 400. The van der Waals surface area contributed by atoms with Gasteiger partial charge in [0.25, 0.3) is 0 Å². The second-order valence-corrected chi connectivity index (χ2v) is 5.34. The molecule has 2 aliphatic rings. The maximum Gasteiger partial charge on any atom is 0.320 e. The van der Waals surface area contributed by atoms with Crippen LogP contribution in [0.2, 0.25) is 0 Å². The molecule has 1 saturated carbocycles. The van der Waals surface area contributed by atoms with Crippen LogP contribution in [-0.2, 0) is 9.59 Å². The number of urea groups is 1. The zero-order valence-electron chi connectivity index (χ0n) is 11.7. The van der Waals surface area contributed by atoms with Crippen LogP contribution in [0.25, 0.3) is 0 Å². The third kappa shape index (κ3) is 3.61. The Morgan fingerprint density at radius 3 is 2.10 bits per heavy atom. The normalized spacial score (nSPS) is 18.9. The number of nitrogens with zero attached hydrogens (tertiary/aromatic N) is 3. The van der Waals surface area contributed by atoms with Crippen molar-refractivity contribution in [1.82, 2.24) is 14.7 Å². The highest BCUT2D eigenvalue weighted by molar-refractivity contribution is 5.77. The van der Waals surface area contributed by atoms with Gasteiger partial charge >= 0.3 is 12.0 Å². The Morgan fingerprint density at radius 2 is 1.65 bits per heavy atom. The number of hydrogen-bond donors (Lipinski definition) is 1. The second kappa shape index (κ2) is 6.11. The minimum absolute atomic E-state index is 0.0182. The highest BCUT2D eigenvalue weighted by Gasteiger charge is 2.35. The first-order chi connectivity index (χ1) is 9.49. The molecule has 0 aromatic heterocycles. The number of piperazine rings is 1. The molecule has 20 heavy (non-hydrogen) atoms. The van der Waals surface area contributed by atoms with Crippen molar-refractivity contribution >= 4 is 17.9 Å². The molecule has 1 N–H and O–H groups in total. The maximum atomic E-state index is 12.4. The predicted molar refractivity (Wildman–Crippen MR) is 71.2 cm³/mol. The van der Waals surface area contributed by atoms with Crippen molar-refractivity contribution in [1.29, 1.82) is 0 Å². The third-order valence-electron chi connectivity index (χ3n) is 3.80. The van der Waals surface area contributed by atoms with Gasteiger partial charge in [-0.3, -0.25) is 9.59 Å². The Morgan fingerprint density at radius 1 is 1.10 bits per heavy atom. The van der Waals surface area contributed by atoms with Crippen molar-refractivity contribution in [3.63, 3.8) is 0 Å². The molecule has 1 aliphatic heterocycles. The third-order valence-corrected chi connectivity index (χ3v) is 3.80. The molecular formula is C13H21N3O4. The smallest absolute Gasteiger partial charge is 0.320 e. The summed E-state index contributed by atoms with van der Waals surface area (Å²) in [5.74, 6) is -0.855. The van der Waals surface area contributed by atoms with Crippen LogP contribution in [-0.4, -0.2) is 76.5 Å². The number of carboxylic acids is 1. The van der Waals surface area contributed by atoms with Crippen LogP contribution in [0.4, 0.5) is 4.79 Å². The number of carboxylic acid groups (broad SMARTS) is 1. The molecule has 112 valence electrons. The first-order valence-electron chi connectivity index (χ1n) is 7.02. The van der Waals surface area contributed by atoms with Gasteiger partial charge in [0.15, 0.2) is 0 Å². The minimum Gasteiger partial charge on any atom is -0.481 e. The maximum absolute atomic E-state index is 12.4. The van der Waals surface area contributed by atoms with E-state index in [-0.39, 0.29) is 30.9 Å². The fraction of sp³-hybridized carbons (Fsp3) is 0.769. The van der Waals surface area contributed by atoms with Gasteiger partial charge in [-0.2, -0.15) is 0 Å². The van der Waals surface area contributed by atoms with Gasteiger partial charge in [-0.05, 0) is 12.8 Å². The molecule has 3 amide bonds. The van der Waals surface area contributed by atoms with Gasteiger partial charge in [-0.15, -0.1) is 0 Å². The highest BCUT2D eigenvalue weighted by Crippen LogP contribution is 2.28. The molecule has 0 unspecified atom stereocenters. The zero-order chi connectivity index (χ0) is 14.7. The van der Waals surface area contributed by atoms with E-state index in [4.69, 9.17) is 5.11 Å². The summed E-state index contributed by atoms with van der Waals surface area (Å²) in [4.78, 5) is 39.5. The van der Waals surface area contributed by atoms with Crippen molar-refractivity contribution < 1.29 is 19.5 Å². The number of carbonyl (C=O) groups is 3. The minimum atomic E-state index is -0.884. The highest BCUT2D eigenvalue weighted by atomic mass is 16.4. The van der Waals surface area contributed by atoms with E-state index in [9.17, 15) is 14.4 Å². The largest absolute Gasteiger partial charge is 0.481 e. The van der Waals surface area contributed by atoms with Gasteiger partial charge in [0.1, 0.15) is 0 Å². The fourth-order valence-corrected chi connectivity index (χ4v) is 2.43. The van der Waals surface area contributed by atoms with Gasteiger partial charge in [0.05, 0.1) is 6.42 Å². The van der Waals surface area contributed by atoms with Gasteiger partial charge in [0.2, 0.25) is 5.91 Å². The standard InChI is InChI=1S/C13H21N3O4/c1-10(17)14-6-8-15(9-7-14)13(20)16(11-2-3-11)5-4-12(18)19/h11H,2-9H2,1H3,(H,18,19). The van der Waals surface area contributed by atoms with Crippen molar-refractivity contribution in [3.05, 3.63) is 0 Å². The van der Waals surface area contributed by atoms with E-state index in [1.165, 1.54) is 6.92 Å². The first kappa shape index (κ1) is 14.6. The van der Waals surface area contributed by atoms with Crippen LogP contribution in [0.15, 0.2) is 0 Å². The summed E-state index contributed by atoms with van der Waals surface area (Å²) in [6.07, 6.45) is 1.90. The lowest BCUT2D eigenvalue weighted by Gasteiger charge is -2.37. The van der Waals surface area contributed by atoms with E-state index in [0.717, 1.165) is 12.8 Å². The van der Waals surface area contributed by atoms with Crippen LogP contribution in [0.5, 0.6) is 0 Å². The molecule has 7 heteroatoms. The molecular weight excluding hydrogens is 262 g/mol. The van der Waals surface area contributed by atoms with Crippen LogP contribution in [0.3, 0.4) is 0 Å². The zero-order valence-corrected chi connectivity index (χ0v) is 11.7. The fourth-order valence-electron chi connectivity index (χ4n) is 2.43. The summed E-state index contributed by atoms with van der Waals surface area (Å²) in [5.41, 5.74) is 0. The van der Waals surface area contributed by atoms with Crippen molar-refractivity contribution in [2.45, 2.75) is 32.2 Å². The lowest BCUT2D eigenvalue weighted by molar-refractivity contribution is -0.137. The molecule has 0 bridgehead atoms. The summed E-state index contributed by atoms with van der Waals surface area (Å²) < 4.78 is 0. The van der Waals surface area contributed by atoms with Crippen LogP contribution < -0.4 is 0 Å². The number of rotatable bonds is 4. The summed E-state index contributed by atoms with van der Waals surface area (Å²) >= 11 is 0. The number of hydrogen-bond acceptors (Lipinski definition) is 3. The lowest BCUT2D eigenvalue weighted by Crippen LogP contribution is -2.54. The van der Waals surface area contributed by atoms with Crippen LogP contribution in [0.1, 0.15) is 26.2 Å². The molecule has 1 saturated heterocycles. The molecule has 0 aromatic carbocycles. The average molecular weight is 283 g/mol. The number of carbonyl (C=O) groups excluding carboxylic acids is 2. The SMILES string of the molecule is CC(=O)N1CCN(C(=O)N(CCC(=O)O)C2CC2)CC1. The molecule has 1 aliphatic carbocycles. The summed E-state index contributed by atoms with van der Waals surface area (Å²) in [5, 5.41) is 8.76. The molecule has 7 nitrogen and oxygen atoms in total. The molecule has 0 spiro atoms. The summed E-state index contributed by atoms with van der Waals surface area (Å²) in [6.45, 7) is 3.95. The molecule has 0 radical (unpaired) electrons. The Hall–Kier alpha value is -1.79. The molecule has 2 rings (SSSR count). The summed E-state index contributed by atoms with van der Waals surface area (Å²) in [6, 6.07) is 0.115. The van der Waals surface area contributed by atoms with Gasteiger partial charge in [0, 0.05) is 45.7 Å². The predicted octanol–water partition coefficient (Wildman–Crippen LogP) is 0.210. The van der Waals surface area contributed by atoms with Crippen LogP contribution >= 0.6 is 0 Å². The Balaban J connectivity index is 1.88. The summed E-state index contributed by atoms with van der Waals surface area (Å²) in [7, 11) is 0. The molecule has 1 heterocycles. The molecule has 0 atom stereocenters. The quantitative estimate of drug-likeness (QED) is 0.799. The topological polar surface area (TPSA) is 81.2 Å². The monoisotopic (exact) mass is 283 g/mol. The van der Waals surface area contributed by atoms with E-state index in [1.54, 1.807) is 14.7 Å². The number of aliphatic carboxylic acids is 1. The van der Waals surface area contributed by atoms with Gasteiger partial charge in [-0.1, -0.05) is 0 Å². The van der Waals surface area contributed by atoms with Crippen molar-refractivity contribution in [2.24, 2.45) is 0 Å².